The Hall–Kier alpha value is -1.46. The van der Waals surface area contributed by atoms with Crippen molar-refractivity contribution in [3.8, 4) is 0 Å². The zero-order chi connectivity index (χ0) is 13.0. The highest BCUT2D eigenvalue weighted by Gasteiger charge is 2.13. The van der Waals surface area contributed by atoms with E-state index in [9.17, 15) is 10.1 Å². The van der Waals surface area contributed by atoms with Gasteiger partial charge in [-0.15, -0.1) is 0 Å². The molecule has 5 heteroatoms. The Bertz CT molecular complexity index is 422. The average molecular weight is 249 g/mol. The minimum atomic E-state index is -0.334. The van der Waals surface area contributed by atoms with Gasteiger partial charge < -0.3 is 4.90 Å². The number of nitro benzene ring substituents is 1. The zero-order valence-corrected chi connectivity index (χ0v) is 10.7. The number of likely N-dealkylation sites (N-methyl/N-ethyl adjacent to an activating group) is 1. The van der Waals surface area contributed by atoms with Gasteiger partial charge in [-0.1, -0.05) is 12.1 Å². The Balaban J connectivity index is 2.00. The van der Waals surface area contributed by atoms with Crippen molar-refractivity contribution in [2.45, 2.75) is 13.0 Å². The van der Waals surface area contributed by atoms with Gasteiger partial charge in [0.2, 0.25) is 0 Å². The van der Waals surface area contributed by atoms with Gasteiger partial charge in [0.1, 0.15) is 0 Å². The fourth-order valence-corrected chi connectivity index (χ4v) is 2.28. The molecule has 0 saturated carbocycles. The maximum atomic E-state index is 10.7. The largest absolute Gasteiger partial charge is 0.305 e. The second-order valence-electron chi connectivity index (χ2n) is 4.86. The molecule has 1 aliphatic rings. The first-order valence-corrected chi connectivity index (χ1v) is 6.29. The Morgan fingerprint density at radius 2 is 2.11 bits per heavy atom. The lowest BCUT2D eigenvalue weighted by Gasteiger charge is -2.19. The summed E-state index contributed by atoms with van der Waals surface area (Å²) < 4.78 is 0. The molecule has 0 aromatic heterocycles. The summed E-state index contributed by atoms with van der Waals surface area (Å²) in [6, 6.07) is 6.94. The van der Waals surface area contributed by atoms with Gasteiger partial charge in [0, 0.05) is 31.8 Å². The fraction of sp³-hybridized carbons (Fsp3) is 0.538. The van der Waals surface area contributed by atoms with Crippen LogP contribution in [-0.2, 0) is 6.54 Å². The maximum absolute atomic E-state index is 10.7. The molecule has 1 heterocycles. The van der Waals surface area contributed by atoms with Gasteiger partial charge in [0.25, 0.3) is 5.69 Å². The Morgan fingerprint density at radius 1 is 1.28 bits per heavy atom. The van der Waals surface area contributed by atoms with Crippen LogP contribution < -0.4 is 0 Å². The van der Waals surface area contributed by atoms with Crippen LogP contribution >= 0.6 is 0 Å². The number of nitro groups is 1. The van der Waals surface area contributed by atoms with Crippen LogP contribution in [0.2, 0.25) is 0 Å². The summed E-state index contributed by atoms with van der Waals surface area (Å²) in [5.41, 5.74) is 1.20. The number of hydrogen-bond donors (Lipinski definition) is 0. The van der Waals surface area contributed by atoms with Crippen LogP contribution in [-0.4, -0.2) is 47.9 Å². The van der Waals surface area contributed by atoms with Crippen LogP contribution in [0.1, 0.15) is 12.0 Å². The highest BCUT2D eigenvalue weighted by Crippen LogP contribution is 2.15. The standard InChI is InChI=1S/C13H19N3O2/c1-14-6-3-7-15(9-8-14)11-12-4-2-5-13(10-12)16(17)18/h2,4-5,10H,3,6-9,11H2,1H3. The normalized spacial score (nSPS) is 18.5. The van der Waals surface area contributed by atoms with Gasteiger partial charge >= 0.3 is 0 Å². The van der Waals surface area contributed by atoms with Crippen LogP contribution in [0.15, 0.2) is 24.3 Å². The lowest BCUT2D eigenvalue weighted by Crippen LogP contribution is -2.28. The van der Waals surface area contributed by atoms with Gasteiger partial charge in [0.05, 0.1) is 4.92 Å². The third kappa shape index (κ3) is 3.51. The molecule has 0 unspecified atom stereocenters. The Morgan fingerprint density at radius 3 is 2.89 bits per heavy atom. The smallest absolute Gasteiger partial charge is 0.269 e. The Labute approximate surface area is 107 Å². The van der Waals surface area contributed by atoms with E-state index in [2.05, 4.69) is 16.8 Å². The molecule has 0 amide bonds. The molecular weight excluding hydrogens is 230 g/mol. The van der Waals surface area contributed by atoms with E-state index in [1.807, 2.05) is 6.07 Å². The number of non-ortho nitro benzene ring substituents is 1. The number of benzene rings is 1. The van der Waals surface area contributed by atoms with Crippen LogP contribution in [0.5, 0.6) is 0 Å². The molecule has 0 spiro atoms. The first-order valence-electron chi connectivity index (χ1n) is 6.29. The molecule has 0 atom stereocenters. The second-order valence-corrected chi connectivity index (χ2v) is 4.86. The molecule has 0 bridgehead atoms. The molecule has 98 valence electrons. The number of hydrogen-bond acceptors (Lipinski definition) is 4. The summed E-state index contributed by atoms with van der Waals surface area (Å²) in [7, 11) is 2.14. The SMILES string of the molecule is CN1CCCN(Cc2cccc([N+](=O)[O-])c2)CC1. The summed E-state index contributed by atoms with van der Waals surface area (Å²) in [5, 5.41) is 10.7. The third-order valence-corrected chi connectivity index (χ3v) is 3.34. The number of nitrogens with zero attached hydrogens (tertiary/aromatic N) is 3. The minimum absolute atomic E-state index is 0.180. The molecule has 0 aliphatic carbocycles. The molecule has 1 fully saturated rings. The van der Waals surface area contributed by atoms with E-state index in [-0.39, 0.29) is 10.6 Å². The summed E-state index contributed by atoms with van der Waals surface area (Å²) in [6.07, 6.45) is 1.16. The van der Waals surface area contributed by atoms with Crippen molar-refractivity contribution in [2.24, 2.45) is 0 Å². The molecule has 5 nitrogen and oxygen atoms in total. The van der Waals surface area contributed by atoms with Crippen molar-refractivity contribution < 1.29 is 4.92 Å². The van der Waals surface area contributed by atoms with E-state index in [0.29, 0.717) is 0 Å². The fourth-order valence-electron chi connectivity index (χ4n) is 2.28. The summed E-state index contributed by atoms with van der Waals surface area (Å²) in [5.74, 6) is 0. The van der Waals surface area contributed by atoms with Crippen molar-refractivity contribution in [1.29, 1.82) is 0 Å². The summed E-state index contributed by atoms with van der Waals surface area (Å²) >= 11 is 0. The van der Waals surface area contributed by atoms with Crippen LogP contribution in [0.25, 0.3) is 0 Å². The molecule has 18 heavy (non-hydrogen) atoms. The van der Waals surface area contributed by atoms with Gasteiger partial charge in [-0.3, -0.25) is 15.0 Å². The number of rotatable bonds is 3. The maximum Gasteiger partial charge on any atom is 0.269 e. The van der Waals surface area contributed by atoms with Crippen molar-refractivity contribution in [1.82, 2.24) is 9.80 Å². The highest BCUT2D eigenvalue weighted by atomic mass is 16.6. The summed E-state index contributed by atoms with van der Waals surface area (Å²) in [6.45, 7) is 5.09. The minimum Gasteiger partial charge on any atom is -0.305 e. The lowest BCUT2D eigenvalue weighted by atomic mass is 10.2. The van der Waals surface area contributed by atoms with Crippen molar-refractivity contribution >= 4 is 5.69 Å². The summed E-state index contributed by atoms with van der Waals surface area (Å²) in [4.78, 5) is 15.1. The van der Waals surface area contributed by atoms with Gasteiger partial charge in [0.15, 0.2) is 0 Å². The van der Waals surface area contributed by atoms with E-state index >= 15 is 0 Å². The molecule has 1 saturated heterocycles. The second kappa shape index (κ2) is 5.93. The van der Waals surface area contributed by atoms with E-state index in [1.54, 1.807) is 18.2 Å². The van der Waals surface area contributed by atoms with Crippen LogP contribution in [0.3, 0.4) is 0 Å². The zero-order valence-electron chi connectivity index (χ0n) is 10.7. The van der Waals surface area contributed by atoms with Gasteiger partial charge in [-0.2, -0.15) is 0 Å². The third-order valence-electron chi connectivity index (χ3n) is 3.34. The van der Waals surface area contributed by atoms with Gasteiger partial charge in [-0.25, -0.2) is 0 Å². The molecule has 1 aromatic carbocycles. The molecule has 2 rings (SSSR count). The van der Waals surface area contributed by atoms with E-state index < -0.39 is 0 Å². The van der Waals surface area contributed by atoms with Crippen molar-refractivity contribution in [3.05, 3.63) is 39.9 Å². The van der Waals surface area contributed by atoms with Crippen molar-refractivity contribution in [3.63, 3.8) is 0 Å². The lowest BCUT2D eigenvalue weighted by molar-refractivity contribution is -0.384. The van der Waals surface area contributed by atoms with Crippen LogP contribution in [0.4, 0.5) is 5.69 Å². The quantitative estimate of drug-likeness (QED) is 0.604. The van der Waals surface area contributed by atoms with Crippen molar-refractivity contribution in [2.75, 3.05) is 33.2 Å². The first-order chi connectivity index (χ1) is 8.65. The molecule has 1 aliphatic heterocycles. The molecular formula is C13H19N3O2. The van der Waals surface area contributed by atoms with Gasteiger partial charge in [-0.05, 0) is 32.1 Å². The highest BCUT2D eigenvalue weighted by molar-refractivity contribution is 5.34. The van der Waals surface area contributed by atoms with E-state index in [4.69, 9.17) is 0 Å². The van der Waals surface area contributed by atoms with E-state index in [1.165, 1.54) is 0 Å². The topological polar surface area (TPSA) is 49.6 Å². The molecule has 0 radical (unpaired) electrons. The predicted molar refractivity (Wildman–Crippen MR) is 70.5 cm³/mol. The Kier molecular flexibility index (Phi) is 4.28. The average Bonchev–Trinajstić information content (AvgIpc) is 2.55. The molecule has 0 N–H and O–H groups in total. The van der Waals surface area contributed by atoms with Crippen LogP contribution in [0, 0.1) is 10.1 Å². The van der Waals surface area contributed by atoms with E-state index in [0.717, 1.165) is 44.7 Å². The molecule has 1 aromatic rings. The monoisotopic (exact) mass is 249 g/mol. The predicted octanol–water partition coefficient (Wildman–Crippen LogP) is 1.73. The first kappa shape index (κ1) is 13.0.